The Kier molecular flexibility index (Phi) is 3.83. The Morgan fingerprint density at radius 1 is 1.38 bits per heavy atom. The fourth-order valence-electron chi connectivity index (χ4n) is 0.569. The Morgan fingerprint density at radius 3 is 2.08 bits per heavy atom. The number of carbonyl (C=O) groups excluding carboxylic acids is 1. The SMILES string of the molecule is CC(C)(C)OC(=O)C(NO)C(=O)O. The molecule has 0 saturated carbocycles. The zero-order chi connectivity index (χ0) is 10.6. The Balaban J connectivity index is 4.32. The molecule has 76 valence electrons. The number of carbonyl (C=O) groups is 2. The van der Waals surface area contributed by atoms with Crippen LogP contribution in [0.2, 0.25) is 0 Å². The Morgan fingerprint density at radius 2 is 1.85 bits per heavy atom. The number of hydroxylamine groups is 1. The molecular formula is C7H13NO5. The summed E-state index contributed by atoms with van der Waals surface area (Å²) in [5.41, 5.74) is 0.574. The van der Waals surface area contributed by atoms with Gasteiger partial charge in [0.1, 0.15) is 5.60 Å². The first kappa shape index (κ1) is 11.9. The molecule has 1 atom stereocenters. The van der Waals surface area contributed by atoms with Gasteiger partial charge < -0.3 is 15.1 Å². The van der Waals surface area contributed by atoms with Crippen LogP contribution < -0.4 is 5.48 Å². The molecule has 0 aromatic rings. The molecule has 1 unspecified atom stereocenters. The number of nitrogens with one attached hydrogen (secondary N) is 1. The van der Waals surface area contributed by atoms with Gasteiger partial charge in [-0.2, -0.15) is 5.48 Å². The van der Waals surface area contributed by atoms with Crippen LogP contribution in [-0.2, 0) is 14.3 Å². The third-order valence-electron chi connectivity index (χ3n) is 1.02. The summed E-state index contributed by atoms with van der Waals surface area (Å²) in [7, 11) is 0. The van der Waals surface area contributed by atoms with Crippen LogP contribution in [0.4, 0.5) is 0 Å². The fourth-order valence-corrected chi connectivity index (χ4v) is 0.569. The summed E-state index contributed by atoms with van der Waals surface area (Å²) in [6.45, 7) is 4.80. The zero-order valence-corrected chi connectivity index (χ0v) is 7.70. The number of carboxylic acid groups (broad SMARTS) is 1. The number of aliphatic carboxylic acids is 1. The molecule has 0 radical (unpaired) electrons. The molecule has 3 N–H and O–H groups in total. The second kappa shape index (κ2) is 4.20. The lowest BCUT2D eigenvalue weighted by Crippen LogP contribution is -2.45. The van der Waals surface area contributed by atoms with Gasteiger partial charge in [0.25, 0.3) is 0 Å². The standard InChI is InChI=1S/C7H13NO5/c1-7(2,3)13-6(11)4(8-12)5(9)10/h4,8,12H,1-3H3,(H,9,10). The molecule has 0 aliphatic carbocycles. The Bertz CT molecular complexity index is 207. The maximum Gasteiger partial charge on any atom is 0.337 e. The number of hydrogen-bond acceptors (Lipinski definition) is 5. The highest BCUT2D eigenvalue weighted by atomic mass is 16.6. The minimum absolute atomic E-state index is 0.776. The van der Waals surface area contributed by atoms with E-state index >= 15 is 0 Å². The van der Waals surface area contributed by atoms with E-state index in [2.05, 4.69) is 0 Å². The minimum Gasteiger partial charge on any atom is -0.480 e. The van der Waals surface area contributed by atoms with Crippen molar-refractivity contribution < 1.29 is 24.6 Å². The lowest BCUT2D eigenvalue weighted by atomic mass is 10.2. The van der Waals surface area contributed by atoms with Crippen molar-refractivity contribution in [2.24, 2.45) is 0 Å². The fraction of sp³-hybridized carbons (Fsp3) is 0.714. The average molecular weight is 191 g/mol. The third kappa shape index (κ3) is 4.44. The van der Waals surface area contributed by atoms with Crippen molar-refractivity contribution in [2.45, 2.75) is 32.4 Å². The molecule has 13 heavy (non-hydrogen) atoms. The first-order valence-electron chi connectivity index (χ1n) is 3.63. The predicted octanol–water partition coefficient (Wildman–Crippen LogP) is -0.240. The van der Waals surface area contributed by atoms with Crippen molar-refractivity contribution in [3.63, 3.8) is 0 Å². The molecule has 0 heterocycles. The molecule has 0 fully saturated rings. The highest BCUT2D eigenvalue weighted by Crippen LogP contribution is 2.08. The van der Waals surface area contributed by atoms with E-state index in [0.29, 0.717) is 0 Å². The first-order chi connectivity index (χ1) is 5.78. The topological polar surface area (TPSA) is 95.9 Å². The van der Waals surface area contributed by atoms with Crippen molar-refractivity contribution in [3.8, 4) is 0 Å². The van der Waals surface area contributed by atoms with Crippen LogP contribution >= 0.6 is 0 Å². The van der Waals surface area contributed by atoms with E-state index < -0.39 is 23.6 Å². The van der Waals surface area contributed by atoms with Gasteiger partial charge in [-0.05, 0) is 20.8 Å². The third-order valence-corrected chi connectivity index (χ3v) is 1.02. The lowest BCUT2D eigenvalue weighted by molar-refractivity contribution is -0.167. The Hall–Kier alpha value is -1.14. The summed E-state index contributed by atoms with van der Waals surface area (Å²) in [5.74, 6) is -2.51. The van der Waals surface area contributed by atoms with E-state index in [1.165, 1.54) is 5.48 Å². The molecule has 0 aliphatic rings. The van der Waals surface area contributed by atoms with Crippen LogP contribution in [0.3, 0.4) is 0 Å². The second-order valence-electron chi connectivity index (χ2n) is 3.43. The average Bonchev–Trinajstić information content (AvgIpc) is 1.82. The van der Waals surface area contributed by atoms with Crippen LogP contribution in [0.5, 0.6) is 0 Å². The highest BCUT2D eigenvalue weighted by Gasteiger charge is 2.30. The molecule has 6 heteroatoms. The van der Waals surface area contributed by atoms with Crippen molar-refractivity contribution in [3.05, 3.63) is 0 Å². The summed E-state index contributed by atoms with van der Waals surface area (Å²) in [6.07, 6.45) is 0. The first-order valence-corrected chi connectivity index (χ1v) is 3.63. The molecule has 0 aromatic carbocycles. The van der Waals surface area contributed by atoms with Crippen molar-refractivity contribution >= 4 is 11.9 Å². The van der Waals surface area contributed by atoms with Crippen LogP contribution in [-0.4, -0.2) is 33.9 Å². The maximum atomic E-state index is 11.0. The van der Waals surface area contributed by atoms with Gasteiger partial charge in [-0.3, -0.25) is 0 Å². The smallest absolute Gasteiger partial charge is 0.337 e. The lowest BCUT2D eigenvalue weighted by Gasteiger charge is -2.21. The summed E-state index contributed by atoms with van der Waals surface area (Å²) < 4.78 is 4.71. The van der Waals surface area contributed by atoms with Gasteiger partial charge in [0, 0.05) is 0 Å². The quantitative estimate of drug-likeness (QED) is 0.323. The van der Waals surface area contributed by atoms with Gasteiger partial charge >= 0.3 is 11.9 Å². The monoisotopic (exact) mass is 191 g/mol. The van der Waals surface area contributed by atoms with E-state index in [0.717, 1.165) is 0 Å². The number of rotatable bonds is 3. The number of esters is 1. The van der Waals surface area contributed by atoms with Gasteiger partial charge in [-0.25, -0.2) is 9.59 Å². The van der Waals surface area contributed by atoms with E-state index in [-0.39, 0.29) is 0 Å². The summed E-state index contributed by atoms with van der Waals surface area (Å²) >= 11 is 0. The minimum atomic E-state index is -1.74. The molecule has 0 aliphatic heterocycles. The predicted molar refractivity (Wildman–Crippen MR) is 42.2 cm³/mol. The maximum absolute atomic E-state index is 11.0. The summed E-state index contributed by atoms with van der Waals surface area (Å²) in [6, 6.07) is -1.74. The molecule has 0 saturated heterocycles. The molecule has 6 nitrogen and oxygen atoms in total. The second-order valence-corrected chi connectivity index (χ2v) is 3.43. The molecular weight excluding hydrogens is 178 g/mol. The molecule has 0 spiro atoms. The highest BCUT2D eigenvalue weighted by molar-refractivity contribution is 5.98. The normalized spacial score (nSPS) is 13.5. The van der Waals surface area contributed by atoms with Crippen molar-refractivity contribution in [1.82, 2.24) is 5.48 Å². The van der Waals surface area contributed by atoms with Gasteiger partial charge in [0.05, 0.1) is 0 Å². The summed E-state index contributed by atoms with van der Waals surface area (Å²) in [4.78, 5) is 21.3. The van der Waals surface area contributed by atoms with Crippen LogP contribution in [0.1, 0.15) is 20.8 Å². The van der Waals surface area contributed by atoms with Crippen LogP contribution in [0, 0.1) is 0 Å². The van der Waals surface area contributed by atoms with Gasteiger partial charge in [0.2, 0.25) is 6.04 Å². The van der Waals surface area contributed by atoms with Crippen molar-refractivity contribution in [2.75, 3.05) is 0 Å². The van der Waals surface area contributed by atoms with E-state index in [1.807, 2.05) is 0 Å². The number of hydrogen-bond donors (Lipinski definition) is 3. The number of ether oxygens (including phenoxy) is 1. The molecule has 0 amide bonds. The van der Waals surface area contributed by atoms with Crippen LogP contribution in [0.15, 0.2) is 0 Å². The molecule has 0 rings (SSSR count). The van der Waals surface area contributed by atoms with Crippen molar-refractivity contribution in [1.29, 1.82) is 0 Å². The van der Waals surface area contributed by atoms with Gasteiger partial charge in [-0.1, -0.05) is 0 Å². The Labute approximate surface area is 75.5 Å². The van der Waals surface area contributed by atoms with Gasteiger partial charge in [-0.15, -0.1) is 0 Å². The van der Waals surface area contributed by atoms with E-state index in [9.17, 15) is 9.59 Å². The summed E-state index contributed by atoms with van der Waals surface area (Å²) in [5, 5.41) is 16.7. The molecule has 0 bridgehead atoms. The number of carboxylic acids is 1. The van der Waals surface area contributed by atoms with Crippen LogP contribution in [0.25, 0.3) is 0 Å². The molecule has 0 aromatic heterocycles. The van der Waals surface area contributed by atoms with E-state index in [1.54, 1.807) is 20.8 Å². The van der Waals surface area contributed by atoms with E-state index in [4.69, 9.17) is 15.1 Å². The van der Waals surface area contributed by atoms with Gasteiger partial charge in [0.15, 0.2) is 0 Å². The zero-order valence-electron chi connectivity index (χ0n) is 7.70. The largest absolute Gasteiger partial charge is 0.480 e.